The van der Waals surface area contributed by atoms with Crippen molar-refractivity contribution in [1.82, 2.24) is 4.72 Å². The number of benzene rings is 5. The summed E-state index contributed by atoms with van der Waals surface area (Å²) >= 11 is 0.977. The van der Waals surface area contributed by atoms with E-state index in [9.17, 15) is 67.4 Å². The van der Waals surface area contributed by atoms with E-state index in [1.54, 1.807) is 13.2 Å². The van der Waals surface area contributed by atoms with E-state index in [4.69, 9.17) is 4.18 Å². The number of fused-ring (bicyclic) bond motifs is 8. The molecule has 0 radical (unpaired) electrons. The largest absolute Gasteiger partial charge is 0.872 e. The van der Waals surface area contributed by atoms with Crippen molar-refractivity contribution in [3.63, 3.8) is 0 Å². The zero-order chi connectivity index (χ0) is 43.4. The van der Waals surface area contributed by atoms with Crippen molar-refractivity contribution in [2.24, 2.45) is 0 Å². The van der Waals surface area contributed by atoms with Crippen LogP contribution in [-0.4, -0.2) is 69.7 Å². The van der Waals surface area contributed by atoms with Gasteiger partial charge in [0.05, 0.1) is 14.7 Å². The summed E-state index contributed by atoms with van der Waals surface area (Å²) in [4.78, 5) is 8.92. The van der Waals surface area contributed by atoms with Crippen LogP contribution in [0.2, 0.25) is 0 Å². The van der Waals surface area contributed by atoms with Gasteiger partial charge in [-0.15, -0.1) is 5.75 Å². The molecule has 5 aromatic rings. The van der Waals surface area contributed by atoms with Crippen LogP contribution in [0, 0.1) is 6.92 Å². The first-order valence-electron chi connectivity index (χ1n) is 16.8. The summed E-state index contributed by atoms with van der Waals surface area (Å²) in [6.07, 6.45) is -1.18. The molecule has 59 heavy (non-hydrogen) atoms. The van der Waals surface area contributed by atoms with Gasteiger partial charge in [-0.1, -0.05) is 40.8 Å². The fourth-order valence-corrected chi connectivity index (χ4v) is 9.64. The second-order valence-electron chi connectivity index (χ2n) is 13.4. The normalized spacial score (nSPS) is 13.4. The molecule has 0 aliphatic heterocycles. The van der Waals surface area contributed by atoms with E-state index in [1.807, 2.05) is 0 Å². The van der Waals surface area contributed by atoms with E-state index in [0.29, 0.717) is 17.7 Å². The van der Waals surface area contributed by atoms with Crippen LogP contribution in [-0.2, 0) is 66.2 Å². The van der Waals surface area contributed by atoms with E-state index in [2.05, 4.69) is 4.72 Å². The Morgan fingerprint density at radius 2 is 0.949 bits per heavy atom. The molecular weight excluding hydrogens is 875 g/mol. The van der Waals surface area contributed by atoms with Gasteiger partial charge in [0, 0.05) is 48.6 Å². The van der Waals surface area contributed by atoms with Gasteiger partial charge < -0.3 is 33.2 Å². The van der Waals surface area contributed by atoms with Gasteiger partial charge in [-0.25, -0.2) is 25.3 Å². The maximum Gasteiger partial charge on any atom is 0.339 e. The van der Waals surface area contributed by atoms with E-state index in [1.165, 1.54) is 12.1 Å². The van der Waals surface area contributed by atoms with Crippen molar-refractivity contribution in [2.75, 3.05) is 6.26 Å². The quantitative estimate of drug-likeness (QED) is 0.112. The molecule has 0 saturated carbocycles. The lowest BCUT2D eigenvalue weighted by Gasteiger charge is -2.24. The minimum absolute atomic E-state index is 0.0437. The molecule has 1 aliphatic rings. The Hall–Kier alpha value is -5.20. The lowest BCUT2D eigenvalue weighted by Crippen LogP contribution is -2.17. The maximum atomic E-state index is 13.9. The molecule has 5 aromatic carbocycles. The molecule has 8 bridgehead atoms. The maximum absolute atomic E-state index is 13.9. The average molecular weight is 904 g/mol. The van der Waals surface area contributed by atoms with Gasteiger partial charge in [0.2, 0.25) is 0 Å². The Morgan fingerprint density at radius 3 is 1.31 bits per heavy atom. The summed E-state index contributed by atoms with van der Waals surface area (Å²) in [7, 11) is -21.1. The number of amides is 1. The van der Waals surface area contributed by atoms with Gasteiger partial charge in [0.25, 0.3) is 5.91 Å². The zero-order valence-corrected chi connectivity index (χ0v) is 34.5. The topological polar surface area (TPSA) is 308 Å². The van der Waals surface area contributed by atoms with Crippen molar-refractivity contribution in [3.05, 3.63) is 128 Å². The Morgan fingerprint density at radius 1 is 0.593 bits per heavy atom. The van der Waals surface area contributed by atoms with Gasteiger partial charge >= 0.3 is 10.1 Å². The third kappa shape index (κ3) is 9.34. The molecule has 0 aromatic heterocycles. The molecule has 0 spiro atoms. The van der Waals surface area contributed by atoms with Crippen molar-refractivity contribution in [3.8, 4) is 23.0 Å². The molecule has 0 unspecified atom stereocenters. The number of carbonyl (C=O) groups is 1. The lowest BCUT2D eigenvalue weighted by atomic mass is 9.90. The number of rotatable bonds is 8. The second-order valence-corrected chi connectivity index (χ2v) is 19.7. The predicted molar refractivity (Wildman–Crippen MR) is 204 cm³/mol. The zero-order valence-electron chi connectivity index (χ0n) is 30.4. The summed E-state index contributed by atoms with van der Waals surface area (Å²) < 4.78 is 148. The molecule has 1 amide bonds. The molecule has 0 heterocycles. The molecule has 3 N–H and O–H groups in total. The molecular formula is C37H29NO16S5-4. The first kappa shape index (κ1) is 43.4. The highest BCUT2D eigenvalue weighted by atomic mass is 32.2. The number of hydrogen-bond acceptors (Lipinski definition) is 17. The van der Waals surface area contributed by atoms with Gasteiger partial charge in [0.1, 0.15) is 52.5 Å². The Bertz CT molecular complexity index is 2890. The summed E-state index contributed by atoms with van der Waals surface area (Å²) in [5, 5.41) is 37.0. The van der Waals surface area contributed by atoms with E-state index >= 15 is 0 Å². The highest BCUT2D eigenvalue weighted by Crippen LogP contribution is 2.41. The Kier molecular flexibility index (Phi) is 11.6. The minimum Gasteiger partial charge on any atom is -0.872 e. The van der Waals surface area contributed by atoms with Crippen molar-refractivity contribution in [1.29, 1.82) is 0 Å². The second kappa shape index (κ2) is 15.8. The van der Waals surface area contributed by atoms with Crippen LogP contribution < -0.4 is 14.0 Å². The van der Waals surface area contributed by atoms with E-state index < -0.39 is 137 Å². The number of phenols is 2. The van der Waals surface area contributed by atoms with Crippen molar-refractivity contribution in [2.45, 2.75) is 52.2 Å². The molecule has 1 aliphatic carbocycles. The van der Waals surface area contributed by atoms with E-state index in [-0.39, 0.29) is 27.8 Å². The van der Waals surface area contributed by atoms with Crippen LogP contribution >= 0.6 is 11.9 Å². The van der Waals surface area contributed by atoms with Crippen LogP contribution in [0.5, 0.6) is 23.0 Å². The molecule has 0 fully saturated rings. The lowest BCUT2D eigenvalue weighted by molar-refractivity contribution is -0.270. The minimum atomic E-state index is -5.45. The highest BCUT2D eigenvalue weighted by molar-refractivity contribution is 7.97. The highest BCUT2D eigenvalue weighted by Gasteiger charge is 2.27. The third-order valence-corrected chi connectivity index (χ3v) is 13.3. The molecule has 17 nitrogen and oxygen atoms in total. The van der Waals surface area contributed by atoms with Crippen LogP contribution in [0.1, 0.15) is 60.4 Å². The average Bonchev–Trinajstić information content (AvgIpc) is 3.12. The van der Waals surface area contributed by atoms with Crippen molar-refractivity contribution < 1.29 is 71.6 Å². The number of carbonyl (C=O) groups excluding carboxylic acids is 1. The first-order chi connectivity index (χ1) is 27.3. The number of aromatic hydroxyl groups is 2. The van der Waals surface area contributed by atoms with Gasteiger partial charge in [-0.05, 0) is 89.8 Å². The molecule has 0 atom stereocenters. The standard InChI is InChI=1S/C37H33NO16S5/c1-19-7-21-9-23-13-30(56(43,44)45)15-25(34(23)40)11-27-17-32(58(49,50)51)18-28(36(27)54-59(52,53)29-5-3-20(4-6-29)37(42)38-55-2)12-26-16-31(57(46,47)48)14-24(35(26)41)10-22(8-19)33(21)39/h3-8,13-18,39-41H,9-12H2,1-2H3,(H,38,42)(H,43,44,45)(H,46,47,48)(H,49,50,51)/p-4. The first-order valence-corrected chi connectivity index (χ1v) is 23.6. The number of hydrogen-bond donors (Lipinski definition) is 3. The number of phenolic OH excluding ortho intramolecular Hbond substituents is 2. The predicted octanol–water partition coefficient (Wildman–Crippen LogP) is 2.64. The van der Waals surface area contributed by atoms with Crippen LogP contribution in [0.25, 0.3) is 0 Å². The van der Waals surface area contributed by atoms with E-state index in [0.717, 1.165) is 60.5 Å². The summed E-state index contributed by atoms with van der Waals surface area (Å²) in [6, 6.07) is 11.5. The molecule has 0 saturated heterocycles. The fourth-order valence-electron chi connectivity index (χ4n) is 6.61. The van der Waals surface area contributed by atoms with Gasteiger partial charge in [0.15, 0.2) is 0 Å². The van der Waals surface area contributed by atoms with Crippen LogP contribution in [0.3, 0.4) is 0 Å². The summed E-state index contributed by atoms with van der Waals surface area (Å²) in [5.41, 5.74) is -2.14. The van der Waals surface area contributed by atoms with Crippen molar-refractivity contribution >= 4 is 58.3 Å². The fraction of sp³-hybridized carbons (Fsp3) is 0.162. The van der Waals surface area contributed by atoms with Crippen LogP contribution in [0.15, 0.2) is 92.4 Å². The molecule has 312 valence electrons. The number of aryl methyl sites for hydroxylation is 1. The smallest absolute Gasteiger partial charge is 0.339 e. The van der Waals surface area contributed by atoms with Gasteiger partial charge in [-0.3, -0.25) is 9.52 Å². The SMILES string of the molecule is CSNC(=O)c1ccc(S(=O)(=O)Oc2c3cc(S(=O)(=O)[O-])cc2Cc2cc(S(=O)(=O)[O-])cc(c2O)Cc2cc(C)cc(c2[O-])Cc2cc(S(=O)(=O)[O-])cc(c2O)C3)cc1. The third-order valence-electron chi connectivity index (χ3n) is 9.27. The Labute approximate surface area is 342 Å². The van der Waals surface area contributed by atoms with Gasteiger partial charge in [-0.2, -0.15) is 8.42 Å². The van der Waals surface area contributed by atoms with Crippen LogP contribution in [0.4, 0.5) is 0 Å². The number of nitrogens with one attached hydrogen (secondary N) is 1. The summed E-state index contributed by atoms with van der Waals surface area (Å²) in [6.45, 7) is 1.58. The Balaban J connectivity index is 1.70. The molecule has 22 heteroatoms. The monoisotopic (exact) mass is 903 g/mol. The molecule has 6 rings (SSSR count). The summed E-state index contributed by atoms with van der Waals surface area (Å²) in [5.74, 6) is -3.43.